The van der Waals surface area contributed by atoms with Crippen LogP contribution in [0, 0.1) is 0 Å². The topological polar surface area (TPSA) is 88.7 Å². The summed E-state index contributed by atoms with van der Waals surface area (Å²) in [5, 5.41) is 4.98. The maximum Gasteiger partial charge on any atom is 0.258 e. The van der Waals surface area contributed by atoms with E-state index in [1.165, 1.54) is 0 Å². The number of methoxy groups -OCH3 is 4. The zero-order chi connectivity index (χ0) is 20.4. The number of pyridine rings is 1. The van der Waals surface area contributed by atoms with E-state index in [1.807, 2.05) is 30.3 Å². The first-order chi connectivity index (χ1) is 14.2. The molecule has 0 amide bonds. The number of ether oxygens (including phenoxy) is 4. The molecule has 2 aromatic heterocycles. The lowest BCUT2D eigenvalue weighted by Crippen LogP contribution is -1.94. The van der Waals surface area contributed by atoms with Crippen LogP contribution < -0.4 is 18.9 Å². The van der Waals surface area contributed by atoms with Crippen LogP contribution in [-0.2, 0) is 0 Å². The third-order valence-corrected chi connectivity index (χ3v) is 4.48. The number of hydrogen-bond donors (Lipinski definition) is 0. The predicted molar refractivity (Wildman–Crippen MR) is 107 cm³/mol. The SMILES string of the molecule is COc1ccc2nc(OC)c(-c3noc(-c4ccc(OC)c(OC)c4)n3)cc2c1. The molecular weight excluding hydrogens is 374 g/mol. The lowest BCUT2D eigenvalue weighted by atomic mass is 10.1. The zero-order valence-electron chi connectivity index (χ0n) is 16.4. The molecule has 0 atom stereocenters. The van der Waals surface area contributed by atoms with Gasteiger partial charge in [0.1, 0.15) is 5.75 Å². The van der Waals surface area contributed by atoms with Gasteiger partial charge in [0, 0.05) is 10.9 Å². The lowest BCUT2D eigenvalue weighted by molar-refractivity contribution is 0.355. The van der Waals surface area contributed by atoms with Gasteiger partial charge in [0.05, 0.1) is 39.5 Å². The van der Waals surface area contributed by atoms with Crippen LogP contribution in [0.15, 0.2) is 47.0 Å². The molecule has 0 unspecified atom stereocenters. The standard InChI is InChI=1S/C21H19N3O5/c1-25-14-6-7-16-13(9-14)10-15(21(22-16)28-4)19-23-20(29-24-19)12-5-8-17(26-2)18(11-12)27-3/h5-11H,1-4H3. The highest BCUT2D eigenvalue weighted by molar-refractivity contribution is 5.86. The van der Waals surface area contributed by atoms with Gasteiger partial charge in [-0.2, -0.15) is 4.98 Å². The van der Waals surface area contributed by atoms with Crippen molar-refractivity contribution in [2.24, 2.45) is 0 Å². The quantitative estimate of drug-likeness (QED) is 0.486. The Balaban J connectivity index is 1.78. The summed E-state index contributed by atoms with van der Waals surface area (Å²) in [6.07, 6.45) is 0. The summed E-state index contributed by atoms with van der Waals surface area (Å²) in [5.41, 5.74) is 2.09. The van der Waals surface area contributed by atoms with Crippen LogP contribution in [0.4, 0.5) is 0 Å². The summed E-state index contributed by atoms with van der Waals surface area (Å²) in [4.78, 5) is 9.06. The van der Waals surface area contributed by atoms with Crippen LogP contribution in [0.25, 0.3) is 33.7 Å². The van der Waals surface area contributed by atoms with Crippen LogP contribution in [0.2, 0.25) is 0 Å². The maximum atomic E-state index is 5.47. The second-order valence-electron chi connectivity index (χ2n) is 6.10. The lowest BCUT2D eigenvalue weighted by Gasteiger charge is -2.08. The fourth-order valence-corrected chi connectivity index (χ4v) is 3.00. The summed E-state index contributed by atoms with van der Waals surface area (Å²) in [7, 11) is 6.32. The van der Waals surface area contributed by atoms with Gasteiger partial charge in [-0.15, -0.1) is 0 Å². The van der Waals surface area contributed by atoms with Gasteiger partial charge in [0.25, 0.3) is 5.89 Å². The Kier molecular flexibility index (Phi) is 4.90. The number of benzene rings is 2. The summed E-state index contributed by atoms with van der Waals surface area (Å²) < 4.78 is 26.8. The van der Waals surface area contributed by atoms with Crippen LogP contribution >= 0.6 is 0 Å². The molecule has 2 heterocycles. The summed E-state index contributed by atoms with van der Waals surface area (Å²) >= 11 is 0. The highest BCUT2D eigenvalue weighted by Gasteiger charge is 2.18. The van der Waals surface area contributed by atoms with Gasteiger partial charge in [-0.05, 0) is 42.5 Å². The van der Waals surface area contributed by atoms with Crippen LogP contribution in [0.1, 0.15) is 0 Å². The molecule has 0 aliphatic rings. The molecule has 0 radical (unpaired) electrons. The third-order valence-electron chi connectivity index (χ3n) is 4.48. The van der Waals surface area contributed by atoms with E-state index in [1.54, 1.807) is 40.6 Å². The first-order valence-corrected chi connectivity index (χ1v) is 8.76. The normalized spacial score (nSPS) is 10.8. The van der Waals surface area contributed by atoms with Crippen molar-refractivity contribution in [3.05, 3.63) is 42.5 Å². The molecule has 0 aliphatic heterocycles. The Labute approximate surface area is 167 Å². The largest absolute Gasteiger partial charge is 0.497 e. The number of nitrogens with zero attached hydrogens (tertiary/aromatic N) is 3. The number of aromatic nitrogens is 3. The fourth-order valence-electron chi connectivity index (χ4n) is 3.00. The second-order valence-corrected chi connectivity index (χ2v) is 6.10. The minimum absolute atomic E-state index is 0.341. The van der Waals surface area contributed by atoms with Crippen molar-refractivity contribution in [3.8, 4) is 46.0 Å². The van der Waals surface area contributed by atoms with E-state index in [-0.39, 0.29) is 0 Å². The second kappa shape index (κ2) is 7.67. The Hall–Kier alpha value is -3.81. The molecule has 148 valence electrons. The molecule has 0 N–H and O–H groups in total. The number of rotatable bonds is 6. The van der Waals surface area contributed by atoms with Crippen molar-refractivity contribution < 1.29 is 23.5 Å². The van der Waals surface area contributed by atoms with Gasteiger partial charge in [-0.1, -0.05) is 5.16 Å². The van der Waals surface area contributed by atoms with Crippen molar-refractivity contribution in [1.29, 1.82) is 0 Å². The van der Waals surface area contributed by atoms with Crippen LogP contribution in [0.5, 0.6) is 23.1 Å². The molecular formula is C21H19N3O5. The van der Waals surface area contributed by atoms with E-state index < -0.39 is 0 Å². The fraction of sp³-hybridized carbons (Fsp3) is 0.190. The molecule has 4 aromatic rings. The smallest absolute Gasteiger partial charge is 0.258 e. The molecule has 0 saturated heterocycles. The van der Waals surface area contributed by atoms with E-state index in [0.717, 1.165) is 16.7 Å². The molecule has 2 aromatic carbocycles. The first-order valence-electron chi connectivity index (χ1n) is 8.76. The Morgan fingerprint density at radius 2 is 1.59 bits per heavy atom. The third kappa shape index (κ3) is 3.40. The molecule has 0 aliphatic carbocycles. The van der Waals surface area contributed by atoms with Gasteiger partial charge >= 0.3 is 0 Å². The summed E-state index contributed by atoms with van der Waals surface area (Å²) in [6, 6.07) is 12.9. The monoisotopic (exact) mass is 393 g/mol. The molecule has 0 bridgehead atoms. The van der Waals surface area contributed by atoms with Gasteiger partial charge in [-0.3, -0.25) is 0 Å². The van der Waals surface area contributed by atoms with Crippen molar-refractivity contribution in [2.45, 2.75) is 0 Å². The van der Waals surface area contributed by atoms with Crippen LogP contribution in [-0.4, -0.2) is 43.6 Å². The van der Waals surface area contributed by atoms with Crippen LogP contribution in [0.3, 0.4) is 0 Å². The van der Waals surface area contributed by atoms with Gasteiger partial charge in [0.15, 0.2) is 11.5 Å². The van der Waals surface area contributed by atoms with Crippen molar-refractivity contribution in [3.63, 3.8) is 0 Å². The molecule has 0 saturated carbocycles. The molecule has 8 heteroatoms. The Bertz CT molecular complexity index is 1170. The average Bonchev–Trinajstić information content (AvgIpc) is 3.27. The minimum Gasteiger partial charge on any atom is -0.497 e. The molecule has 4 rings (SSSR count). The Morgan fingerprint density at radius 1 is 0.759 bits per heavy atom. The average molecular weight is 393 g/mol. The maximum absolute atomic E-state index is 5.47. The molecule has 29 heavy (non-hydrogen) atoms. The van der Waals surface area contributed by atoms with E-state index in [2.05, 4.69) is 15.1 Å². The van der Waals surface area contributed by atoms with Crippen molar-refractivity contribution in [2.75, 3.05) is 28.4 Å². The Morgan fingerprint density at radius 3 is 2.31 bits per heavy atom. The van der Waals surface area contributed by atoms with E-state index in [0.29, 0.717) is 40.2 Å². The zero-order valence-corrected chi connectivity index (χ0v) is 16.4. The van der Waals surface area contributed by atoms with Crippen molar-refractivity contribution in [1.82, 2.24) is 15.1 Å². The summed E-state index contributed by atoms with van der Waals surface area (Å²) in [5.74, 6) is 3.03. The van der Waals surface area contributed by atoms with Crippen molar-refractivity contribution >= 4 is 10.9 Å². The number of hydrogen-bond acceptors (Lipinski definition) is 8. The van der Waals surface area contributed by atoms with Gasteiger partial charge in [-0.25, -0.2) is 4.98 Å². The van der Waals surface area contributed by atoms with Gasteiger partial charge in [0.2, 0.25) is 11.7 Å². The van der Waals surface area contributed by atoms with Gasteiger partial charge < -0.3 is 23.5 Å². The predicted octanol–water partition coefficient (Wildman–Crippen LogP) is 3.99. The van der Waals surface area contributed by atoms with E-state index >= 15 is 0 Å². The highest BCUT2D eigenvalue weighted by Crippen LogP contribution is 2.35. The van der Waals surface area contributed by atoms with E-state index in [9.17, 15) is 0 Å². The highest BCUT2D eigenvalue weighted by atomic mass is 16.5. The van der Waals surface area contributed by atoms with E-state index in [4.69, 9.17) is 23.5 Å². The molecule has 0 fully saturated rings. The number of fused-ring (bicyclic) bond motifs is 1. The molecule has 8 nitrogen and oxygen atoms in total. The molecule has 0 spiro atoms. The summed E-state index contributed by atoms with van der Waals surface area (Å²) in [6.45, 7) is 0. The first kappa shape index (κ1) is 18.5. The minimum atomic E-state index is 0.341.